The van der Waals surface area contributed by atoms with Crippen molar-refractivity contribution in [3.8, 4) is 0 Å². The van der Waals surface area contributed by atoms with E-state index in [4.69, 9.17) is 10.5 Å². The second-order valence-electron chi connectivity index (χ2n) is 4.24. The number of aliphatic hydroxyl groups is 1. The molecule has 0 fully saturated rings. The molecule has 0 aliphatic heterocycles. The molecule has 6 nitrogen and oxygen atoms in total. The minimum Gasteiger partial charge on any atom is -0.465 e. The van der Waals surface area contributed by atoms with Crippen molar-refractivity contribution >= 4 is 17.3 Å². The smallest absolute Gasteiger partial charge is 0.340 e. The lowest BCUT2D eigenvalue weighted by Gasteiger charge is -2.14. The molecule has 0 bridgehead atoms. The SMILES string of the molecule is COCC(O)CNc1cc(C)c(N)c(C(=O)OC)c1. The molecule has 0 amide bonds. The van der Waals surface area contributed by atoms with Crippen molar-refractivity contribution in [3.63, 3.8) is 0 Å². The van der Waals surface area contributed by atoms with Crippen LogP contribution < -0.4 is 11.1 Å². The molecule has 106 valence electrons. The zero-order valence-corrected chi connectivity index (χ0v) is 11.4. The van der Waals surface area contributed by atoms with E-state index in [2.05, 4.69) is 10.1 Å². The van der Waals surface area contributed by atoms with E-state index >= 15 is 0 Å². The van der Waals surface area contributed by atoms with Gasteiger partial charge in [0.2, 0.25) is 0 Å². The number of nitrogen functional groups attached to an aromatic ring is 1. The molecule has 0 spiro atoms. The highest BCUT2D eigenvalue weighted by Crippen LogP contribution is 2.23. The van der Waals surface area contributed by atoms with E-state index in [9.17, 15) is 9.90 Å². The summed E-state index contributed by atoms with van der Waals surface area (Å²) < 4.78 is 9.51. The standard InChI is InChI=1S/C13H20N2O4/c1-8-4-9(15-6-10(16)7-18-2)5-11(12(8)14)13(17)19-3/h4-5,10,15-16H,6-7,14H2,1-3H3. The second kappa shape index (κ2) is 6.96. The van der Waals surface area contributed by atoms with Crippen LogP contribution in [0, 0.1) is 6.92 Å². The zero-order valence-electron chi connectivity index (χ0n) is 11.4. The van der Waals surface area contributed by atoms with Crippen LogP contribution in [0.3, 0.4) is 0 Å². The summed E-state index contributed by atoms with van der Waals surface area (Å²) in [4.78, 5) is 11.6. The average molecular weight is 268 g/mol. The molecule has 0 saturated heterocycles. The quantitative estimate of drug-likeness (QED) is 0.521. The Labute approximate surface area is 112 Å². The van der Waals surface area contributed by atoms with Gasteiger partial charge in [0.05, 0.1) is 25.4 Å². The third-order valence-corrected chi connectivity index (χ3v) is 2.69. The van der Waals surface area contributed by atoms with Crippen LogP contribution in [-0.2, 0) is 9.47 Å². The first-order valence-corrected chi connectivity index (χ1v) is 5.89. The Hall–Kier alpha value is -1.79. The van der Waals surface area contributed by atoms with Crippen molar-refractivity contribution in [2.24, 2.45) is 0 Å². The highest BCUT2D eigenvalue weighted by Gasteiger charge is 2.13. The topological polar surface area (TPSA) is 93.8 Å². The number of carbonyl (C=O) groups excluding carboxylic acids is 1. The molecular formula is C13H20N2O4. The first-order valence-electron chi connectivity index (χ1n) is 5.89. The van der Waals surface area contributed by atoms with Gasteiger partial charge in [0.15, 0.2) is 0 Å². The van der Waals surface area contributed by atoms with Crippen LogP contribution in [0.5, 0.6) is 0 Å². The monoisotopic (exact) mass is 268 g/mol. The van der Waals surface area contributed by atoms with Crippen LogP contribution in [0.2, 0.25) is 0 Å². The number of hydrogen-bond donors (Lipinski definition) is 3. The first kappa shape index (κ1) is 15.3. The maximum atomic E-state index is 11.6. The number of hydrogen-bond acceptors (Lipinski definition) is 6. The highest BCUT2D eigenvalue weighted by molar-refractivity contribution is 5.97. The number of nitrogens with two attached hydrogens (primary N) is 1. The lowest BCUT2D eigenvalue weighted by Crippen LogP contribution is -2.24. The van der Waals surface area contributed by atoms with Crippen LogP contribution >= 0.6 is 0 Å². The fourth-order valence-corrected chi connectivity index (χ4v) is 1.67. The Morgan fingerprint density at radius 3 is 2.74 bits per heavy atom. The predicted molar refractivity (Wildman–Crippen MR) is 73.3 cm³/mol. The maximum Gasteiger partial charge on any atom is 0.340 e. The van der Waals surface area contributed by atoms with Crippen LogP contribution in [-0.4, -0.2) is 44.6 Å². The Kier molecular flexibility index (Phi) is 5.59. The van der Waals surface area contributed by atoms with Gasteiger partial charge in [-0.15, -0.1) is 0 Å². The molecule has 0 heterocycles. The molecule has 0 aliphatic carbocycles. The van der Waals surface area contributed by atoms with Gasteiger partial charge in [-0.1, -0.05) is 0 Å². The summed E-state index contributed by atoms with van der Waals surface area (Å²) in [6, 6.07) is 3.41. The Morgan fingerprint density at radius 2 is 2.16 bits per heavy atom. The third kappa shape index (κ3) is 4.11. The van der Waals surface area contributed by atoms with Gasteiger partial charge in [-0.3, -0.25) is 0 Å². The first-order chi connectivity index (χ1) is 8.99. The normalized spacial score (nSPS) is 12.0. The van der Waals surface area contributed by atoms with Gasteiger partial charge in [0.25, 0.3) is 0 Å². The number of carbonyl (C=O) groups is 1. The Balaban J connectivity index is 2.85. The molecule has 1 rings (SSSR count). The van der Waals surface area contributed by atoms with E-state index < -0.39 is 12.1 Å². The molecule has 0 saturated carbocycles. The van der Waals surface area contributed by atoms with E-state index in [1.54, 1.807) is 19.1 Å². The molecule has 1 unspecified atom stereocenters. The van der Waals surface area contributed by atoms with Crippen molar-refractivity contribution in [3.05, 3.63) is 23.3 Å². The molecule has 4 N–H and O–H groups in total. The number of methoxy groups -OCH3 is 2. The van der Waals surface area contributed by atoms with Gasteiger partial charge in [0, 0.05) is 25.0 Å². The number of esters is 1. The molecule has 1 aromatic rings. The number of anilines is 2. The highest BCUT2D eigenvalue weighted by atomic mass is 16.5. The van der Waals surface area contributed by atoms with Crippen molar-refractivity contribution in [1.29, 1.82) is 0 Å². The summed E-state index contributed by atoms with van der Waals surface area (Å²) in [5.74, 6) is -0.485. The summed E-state index contributed by atoms with van der Waals surface area (Å²) in [6.45, 7) is 2.36. The summed E-state index contributed by atoms with van der Waals surface area (Å²) in [5, 5.41) is 12.6. The molecule has 1 aromatic carbocycles. The van der Waals surface area contributed by atoms with E-state index in [0.717, 1.165) is 5.56 Å². The van der Waals surface area contributed by atoms with Gasteiger partial charge in [-0.05, 0) is 24.6 Å². The minimum absolute atomic E-state index is 0.241. The van der Waals surface area contributed by atoms with Crippen molar-refractivity contribution in [2.45, 2.75) is 13.0 Å². The van der Waals surface area contributed by atoms with Crippen LogP contribution in [0.25, 0.3) is 0 Å². The van der Waals surface area contributed by atoms with Gasteiger partial charge >= 0.3 is 5.97 Å². The number of ether oxygens (including phenoxy) is 2. The lowest BCUT2D eigenvalue weighted by molar-refractivity contribution is 0.0602. The number of nitrogens with one attached hydrogen (secondary N) is 1. The van der Waals surface area contributed by atoms with Crippen LogP contribution in [0.4, 0.5) is 11.4 Å². The number of aryl methyl sites for hydroxylation is 1. The van der Waals surface area contributed by atoms with Crippen molar-refractivity contribution in [2.75, 3.05) is 38.4 Å². The predicted octanol–water partition coefficient (Wildman–Crippen LogP) is 0.783. The summed E-state index contributed by atoms with van der Waals surface area (Å²) in [7, 11) is 2.82. The Morgan fingerprint density at radius 1 is 1.47 bits per heavy atom. The average Bonchev–Trinajstić information content (AvgIpc) is 2.39. The molecule has 6 heteroatoms. The molecule has 0 radical (unpaired) electrons. The van der Waals surface area contributed by atoms with Crippen LogP contribution in [0.15, 0.2) is 12.1 Å². The van der Waals surface area contributed by atoms with Gasteiger partial charge in [-0.25, -0.2) is 4.79 Å². The maximum absolute atomic E-state index is 11.6. The largest absolute Gasteiger partial charge is 0.465 e. The summed E-state index contributed by atoms with van der Waals surface area (Å²) >= 11 is 0. The lowest BCUT2D eigenvalue weighted by atomic mass is 10.1. The van der Waals surface area contributed by atoms with E-state index in [1.165, 1.54) is 14.2 Å². The number of aliphatic hydroxyl groups excluding tert-OH is 1. The van der Waals surface area contributed by atoms with Gasteiger partial charge in [-0.2, -0.15) is 0 Å². The van der Waals surface area contributed by atoms with E-state index in [0.29, 0.717) is 23.5 Å². The molecule has 0 aromatic heterocycles. The molecular weight excluding hydrogens is 248 g/mol. The van der Waals surface area contributed by atoms with E-state index in [-0.39, 0.29) is 6.61 Å². The third-order valence-electron chi connectivity index (χ3n) is 2.69. The van der Waals surface area contributed by atoms with Crippen LogP contribution in [0.1, 0.15) is 15.9 Å². The van der Waals surface area contributed by atoms with Crippen molar-refractivity contribution < 1.29 is 19.4 Å². The summed E-state index contributed by atoms with van der Waals surface area (Å²) in [6.07, 6.45) is -0.621. The number of benzene rings is 1. The van der Waals surface area contributed by atoms with Gasteiger partial charge in [0.1, 0.15) is 0 Å². The molecule has 19 heavy (non-hydrogen) atoms. The molecule has 1 atom stereocenters. The van der Waals surface area contributed by atoms with E-state index in [1.807, 2.05) is 0 Å². The number of rotatable bonds is 6. The van der Waals surface area contributed by atoms with Crippen molar-refractivity contribution in [1.82, 2.24) is 0 Å². The minimum atomic E-state index is -0.621. The zero-order chi connectivity index (χ0) is 14.4. The fourth-order valence-electron chi connectivity index (χ4n) is 1.67. The molecule has 0 aliphatic rings. The second-order valence-corrected chi connectivity index (χ2v) is 4.24. The van der Waals surface area contributed by atoms with Gasteiger partial charge < -0.3 is 25.6 Å². The fraction of sp³-hybridized carbons (Fsp3) is 0.462. The summed E-state index contributed by atoms with van der Waals surface area (Å²) in [5.41, 5.74) is 8.01. The Bertz CT molecular complexity index is 449.